The molecule has 0 aliphatic carbocycles. The maximum atomic E-state index is 14.7. The van der Waals surface area contributed by atoms with E-state index in [0.29, 0.717) is 38.5 Å². The van der Waals surface area contributed by atoms with E-state index in [0.717, 1.165) is 30.4 Å². The van der Waals surface area contributed by atoms with Crippen LogP contribution in [0.4, 0.5) is 0 Å². The molecule has 1 aromatic carbocycles. The fraction of sp³-hybridized carbons (Fsp3) is 0.707. The molecule has 1 aliphatic heterocycles. The lowest BCUT2D eigenvalue weighted by Crippen LogP contribution is -2.61. The molecule has 310 valence electrons. The number of unbranched alkanes of at least 4 members (excludes halogenated alkanes) is 3. The van der Waals surface area contributed by atoms with Gasteiger partial charge in [-0.05, 0) is 69.8 Å². The van der Waals surface area contributed by atoms with Crippen molar-refractivity contribution in [3.63, 3.8) is 0 Å². The zero-order valence-electron chi connectivity index (χ0n) is 34.2. The lowest BCUT2D eigenvalue weighted by Gasteiger charge is -2.35. The van der Waals surface area contributed by atoms with Crippen molar-refractivity contribution < 1.29 is 43.7 Å². The van der Waals surface area contributed by atoms with Crippen LogP contribution in [0.1, 0.15) is 110 Å². The number of aliphatic hydroxyl groups excluding tert-OH is 2. The molecule has 2 rings (SSSR count). The Balaban J connectivity index is 2.67. The van der Waals surface area contributed by atoms with Crippen LogP contribution in [0.3, 0.4) is 0 Å². The molecule has 6 N–H and O–H groups in total. The Hall–Kier alpha value is -4.04. The Morgan fingerprint density at radius 1 is 0.818 bits per heavy atom. The third kappa shape index (κ3) is 15.2. The maximum Gasteiger partial charge on any atom is 0.325 e. The highest BCUT2D eigenvalue weighted by atomic mass is 16.5. The molecule has 8 atom stereocenters. The fourth-order valence-electron chi connectivity index (χ4n) is 6.71. The Kier molecular flexibility index (Phi) is 20.4. The van der Waals surface area contributed by atoms with E-state index in [1.165, 1.54) is 11.8 Å². The number of ether oxygens (including phenoxy) is 1. The highest BCUT2D eigenvalue weighted by Gasteiger charge is 2.40. The van der Waals surface area contributed by atoms with Gasteiger partial charge in [-0.2, -0.15) is 0 Å². The smallest absolute Gasteiger partial charge is 0.325 e. The van der Waals surface area contributed by atoms with Crippen molar-refractivity contribution in [2.24, 2.45) is 17.8 Å². The molecule has 0 bridgehead atoms. The van der Waals surface area contributed by atoms with Crippen LogP contribution < -0.4 is 21.3 Å². The summed E-state index contributed by atoms with van der Waals surface area (Å²) in [5.74, 6) is -5.63. The summed E-state index contributed by atoms with van der Waals surface area (Å²) in [5.41, 5.74) is 2.22. The summed E-state index contributed by atoms with van der Waals surface area (Å²) >= 11 is 0. The third-order valence-electron chi connectivity index (χ3n) is 10.4. The second-order valence-electron chi connectivity index (χ2n) is 15.5. The number of nitrogens with zero attached hydrogens (tertiary/aromatic N) is 1. The summed E-state index contributed by atoms with van der Waals surface area (Å²) in [4.78, 5) is 84.0. The molecule has 1 heterocycles. The second kappa shape index (κ2) is 23.8. The first-order valence-corrected chi connectivity index (χ1v) is 20.0. The van der Waals surface area contributed by atoms with E-state index in [1.807, 2.05) is 52.0 Å². The number of amides is 5. The highest BCUT2D eigenvalue weighted by molar-refractivity contribution is 5.96. The van der Waals surface area contributed by atoms with Gasteiger partial charge in [-0.25, -0.2) is 0 Å². The second-order valence-corrected chi connectivity index (χ2v) is 15.5. The number of aryl methyl sites for hydroxylation is 2. The Morgan fingerprint density at radius 2 is 1.47 bits per heavy atom. The minimum atomic E-state index is -1.55. The van der Waals surface area contributed by atoms with Crippen molar-refractivity contribution in [1.29, 1.82) is 0 Å². The first-order chi connectivity index (χ1) is 26.0. The van der Waals surface area contributed by atoms with E-state index >= 15 is 0 Å². The summed E-state index contributed by atoms with van der Waals surface area (Å²) in [6, 6.07) is 2.91. The molecule has 0 aromatic heterocycles. The van der Waals surface area contributed by atoms with Gasteiger partial charge >= 0.3 is 5.97 Å². The molecule has 1 aliphatic rings. The van der Waals surface area contributed by atoms with Crippen LogP contribution in [0.2, 0.25) is 0 Å². The first-order valence-electron chi connectivity index (χ1n) is 20.0. The standard InChI is InChI=1S/C41H67N5O9/c1-9-11-12-13-17-33-30(16-14-15-29-20-18-26(5)19-21-29)41(54)46(8)32(22-25(3)4)38(51)44-35(27(6)10-2)40(53)43-31(24-47)37(50)45-36(28(7)48)39(52)42-23-34(49)55-33/h18-21,25,27-28,30-33,35-36,47-48H,9-17,22-24H2,1-8H3,(H,42,52)(H,43,53)(H,44,51)(H,45,50)/t27?,28?,30-,31+,32+,33-,35+,36+/m1/s1. The molecule has 2 unspecified atom stereocenters. The number of hydrogen-bond acceptors (Lipinski definition) is 9. The van der Waals surface area contributed by atoms with Crippen LogP contribution >= 0.6 is 0 Å². The van der Waals surface area contributed by atoms with E-state index in [4.69, 9.17) is 4.74 Å². The molecule has 55 heavy (non-hydrogen) atoms. The van der Waals surface area contributed by atoms with Crippen LogP contribution in [-0.4, -0.2) is 107 Å². The minimum Gasteiger partial charge on any atom is -0.460 e. The van der Waals surface area contributed by atoms with Gasteiger partial charge in [0.05, 0.1) is 18.6 Å². The number of cyclic esters (lactones) is 1. The summed E-state index contributed by atoms with van der Waals surface area (Å²) in [6.07, 6.45) is 3.87. The van der Waals surface area contributed by atoms with Crippen molar-refractivity contribution >= 4 is 35.5 Å². The molecule has 14 heteroatoms. The van der Waals surface area contributed by atoms with Gasteiger partial charge in [0.25, 0.3) is 0 Å². The maximum absolute atomic E-state index is 14.7. The molecule has 14 nitrogen and oxygen atoms in total. The highest BCUT2D eigenvalue weighted by Crippen LogP contribution is 2.26. The predicted molar refractivity (Wildman–Crippen MR) is 209 cm³/mol. The van der Waals surface area contributed by atoms with E-state index < -0.39 is 91.0 Å². The molecule has 1 saturated heterocycles. The number of carbonyl (C=O) groups is 6. The number of rotatable bonds is 15. The molecule has 5 amide bonds. The summed E-state index contributed by atoms with van der Waals surface area (Å²) in [5, 5.41) is 30.6. The van der Waals surface area contributed by atoms with Crippen LogP contribution in [-0.2, 0) is 39.9 Å². The van der Waals surface area contributed by atoms with Crippen LogP contribution in [0.15, 0.2) is 24.3 Å². The molecule has 1 aromatic rings. The Labute approximate surface area is 327 Å². The lowest BCUT2D eigenvalue weighted by molar-refractivity contribution is -0.159. The van der Waals surface area contributed by atoms with Crippen molar-refractivity contribution in [2.75, 3.05) is 20.2 Å². The number of aliphatic hydroxyl groups is 2. The van der Waals surface area contributed by atoms with Crippen LogP contribution in [0.5, 0.6) is 0 Å². The minimum absolute atomic E-state index is 0.0286. The van der Waals surface area contributed by atoms with Crippen molar-refractivity contribution in [1.82, 2.24) is 26.2 Å². The quantitative estimate of drug-likeness (QED) is 0.114. The summed E-state index contributed by atoms with van der Waals surface area (Å²) in [6.45, 7) is 11.3. The molecule has 0 saturated carbocycles. The number of carbonyl (C=O) groups excluding carboxylic acids is 6. The fourth-order valence-corrected chi connectivity index (χ4v) is 6.71. The van der Waals surface area contributed by atoms with Crippen LogP contribution in [0.25, 0.3) is 0 Å². The zero-order valence-corrected chi connectivity index (χ0v) is 34.2. The number of hydrogen-bond donors (Lipinski definition) is 6. The summed E-state index contributed by atoms with van der Waals surface area (Å²) in [7, 11) is 1.56. The van der Waals surface area contributed by atoms with Gasteiger partial charge in [0.1, 0.15) is 36.8 Å². The monoisotopic (exact) mass is 773 g/mol. The number of benzene rings is 1. The predicted octanol–water partition coefficient (Wildman–Crippen LogP) is 2.69. The van der Waals surface area contributed by atoms with Gasteiger partial charge in [0, 0.05) is 7.05 Å². The molecule has 0 radical (unpaired) electrons. The van der Waals surface area contributed by atoms with Gasteiger partial charge < -0.3 is 41.1 Å². The third-order valence-corrected chi connectivity index (χ3v) is 10.4. The average Bonchev–Trinajstić information content (AvgIpc) is 3.15. The number of esters is 1. The Morgan fingerprint density at radius 3 is 2.05 bits per heavy atom. The average molecular weight is 774 g/mol. The topological polar surface area (TPSA) is 203 Å². The van der Waals surface area contributed by atoms with E-state index in [9.17, 15) is 39.0 Å². The molecule has 0 spiro atoms. The van der Waals surface area contributed by atoms with Gasteiger partial charge in [-0.3, -0.25) is 28.8 Å². The zero-order chi connectivity index (χ0) is 41.2. The van der Waals surface area contributed by atoms with E-state index in [1.54, 1.807) is 14.0 Å². The molecular formula is C41H67N5O9. The first kappa shape index (κ1) is 47.1. The lowest BCUT2D eigenvalue weighted by atomic mass is 9.88. The molecule has 1 fully saturated rings. The van der Waals surface area contributed by atoms with Crippen molar-refractivity contribution in [3.05, 3.63) is 35.4 Å². The van der Waals surface area contributed by atoms with Crippen molar-refractivity contribution in [2.45, 2.75) is 149 Å². The SMILES string of the molecule is CCCCCC[C@H]1OC(=O)CNC(=O)[C@H](C(C)O)NC(=O)[C@H](CO)NC(=O)[C@H](C(C)CC)NC(=O)[C@H](CC(C)C)N(C)C(=O)[C@@H]1CCCc1ccc(C)cc1. The van der Waals surface area contributed by atoms with E-state index in [-0.39, 0.29) is 18.2 Å². The van der Waals surface area contributed by atoms with Gasteiger partial charge in [-0.1, -0.05) is 90.1 Å². The largest absolute Gasteiger partial charge is 0.460 e. The Bertz CT molecular complexity index is 1400. The van der Waals surface area contributed by atoms with E-state index in [2.05, 4.69) is 28.2 Å². The van der Waals surface area contributed by atoms with Gasteiger partial charge in [0.2, 0.25) is 29.5 Å². The van der Waals surface area contributed by atoms with Gasteiger partial charge in [0.15, 0.2) is 0 Å². The number of nitrogens with one attached hydrogen (secondary N) is 4. The van der Waals surface area contributed by atoms with Crippen molar-refractivity contribution in [3.8, 4) is 0 Å². The number of likely N-dealkylation sites (N-methyl/N-ethyl adjacent to an activating group) is 1. The normalized spacial score (nSPS) is 25.1. The summed E-state index contributed by atoms with van der Waals surface area (Å²) < 4.78 is 6.03. The molecular weight excluding hydrogens is 706 g/mol. The van der Waals surface area contributed by atoms with Crippen LogP contribution in [0, 0.1) is 24.7 Å². The van der Waals surface area contributed by atoms with Gasteiger partial charge in [-0.15, -0.1) is 0 Å².